The molecule has 2 aliphatic rings. The lowest BCUT2D eigenvalue weighted by atomic mass is 9.99. The summed E-state index contributed by atoms with van der Waals surface area (Å²) in [4.78, 5) is 14.2. The highest BCUT2D eigenvalue weighted by Crippen LogP contribution is 2.33. The first-order valence-corrected chi connectivity index (χ1v) is 6.52. The van der Waals surface area contributed by atoms with E-state index in [0.717, 1.165) is 38.0 Å². The van der Waals surface area contributed by atoms with Gasteiger partial charge in [0.2, 0.25) is 5.91 Å². The molecule has 0 aliphatic carbocycles. The monoisotopic (exact) mass is 284 g/mol. The van der Waals surface area contributed by atoms with Crippen LogP contribution in [0.4, 0.5) is 4.39 Å². The van der Waals surface area contributed by atoms with Gasteiger partial charge >= 0.3 is 0 Å². The minimum Gasteiger partial charge on any atom is -0.335 e. The van der Waals surface area contributed by atoms with Crippen LogP contribution in [-0.4, -0.2) is 30.4 Å². The summed E-state index contributed by atoms with van der Waals surface area (Å²) in [6.45, 7) is 2.37. The predicted molar refractivity (Wildman–Crippen MR) is 73.7 cm³/mol. The Morgan fingerprint density at radius 3 is 2.79 bits per heavy atom. The number of benzene rings is 1. The molecule has 5 heteroatoms. The first kappa shape index (κ1) is 14.3. The molecule has 19 heavy (non-hydrogen) atoms. The molecule has 0 aromatic heterocycles. The zero-order valence-corrected chi connectivity index (χ0v) is 11.5. The van der Waals surface area contributed by atoms with Gasteiger partial charge in [-0.2, -0.15) is 0 Å². The molecule has 1 aromatic rings. The lowest BCUT2D eigenvalue weighted by Crippen LogP contribution is -2.51. The van der Waals surface area contributed by atoms with Crippen LogP contribution in [0.1, 0.15) is 24.4 Å². The fourth-order valence-electron chi connectivity index (χ4n) is 2.79. The molecule has 2 heterocycles. The van der Waals surface area contributed by atoms with E-state index in [2.05, 4.69) is 5.32 Å². The standard InChI is InChI=1S/C14H17FN2O.ClH/c15-12-4-1-3-10(7-12)13-5-2-6-17(13)14(18)11-8-16-9-11;/h1,3-4,7,11,13,16H,2,5-6,8-9H2;1H. The van der Waals surface area contributed by atoms with Crippen LogP contribution in [0.25, 0.3) is 0 Å². The molecule has 0 saturated carbocycles. The Morgan fingerprint density at radius 1 is 1.37 bits per heavy atom. The van der Waals surface area contributed by atoms with Crippen molar-refractivity contribution >= 4 is 18.3 Å². The molecule has 1 N–H and O–H groups in total. The Balaban J connectivity index is 0.00000133. The molecule has 0 spiro atoms. The topological polar surface area (TPSA) is 32.3 Å². The summed E-state index contributed by atoms with van der Waals surface area (Å²) in [5.74, 6) is 0.122. The maximum Gasteiger partial charge on any atom is 0.228 e. The Kier molecular flexibility index (Phi) is 4.42. The number of rotatable bonds is 2. The zero-order chi connectivity index (χ0) is 12.5. The van der Waals surface area contributed by atoms with Crippen LogP contribution in [0.3, 0.4) is 0 Å². The Labute approximate surface area is 118 Å². The molecule has 3 nitrogen and oxygen atoms in total. The molecule has 0 bridgehead atoms. The lowest BCUT2D eigenvalue weighted by molar-refractivity contribution is -0.138. The van der Waals surface area contributed by atoms with Gasteiger partial charge in [0, 0.05) is 19.6 Å². The molecule has 1 amide bonds. The second-order valence-electron chi connectivity index (χ2n) is 5.10. The van der Waals surface area contributed by atoms with Crippen molar-refractivity contribution in [3.63, 3.8) is 0 Å². The first-order valence-electron chi connectivity index (χ1n) is 6.52. The number of nitrogens with zero attached hydrogens (tertiary/aromatic N) is 1. The average Bonchev–Trinajstić information content (AvgIpc) is 2.75. The summed E-state index contributed by atoms with van der Waals surface area (Å²) in [6.07, 6.45) is 1.95. The molecule has 2 saturated heterocycles. The lowest BCUT2D eigenvalue weighted by Gasteiger charge is -2.33. The molecule has 2 fully saturated rings. The van der Waals surface area contributed by atoms with Gasteiger partial charge in [-0.05, 0) is 30.5 Å². The summed E-state index contributed by atoms with van der Waals surface area (Å²) in [6, 6.07) is 6.69. The van der Waals surface area contributed by atoms with Crippen molar-refractivity contribution in [1.29, 1.82) is 0 Å². The van der Waals surface area contributed by atoms with Gasteiger partial charge in [-0.25, -0.2) is 4.39 Å². The van der Waals surface area contributed by atoms with Crippen molar-refractivity contribution in [3.05, 3.63) is 35.6 Å². The van der Waals surface area contributed by atoms with Crippen LogP contribution in [-0.2, 0) is 4.79 Å². The summed E-state index contributed by atoms with van der Waals surface area (Å²) < 4.78 is 13.3. The summed E-state index contributed by atoms with van der Waals surface area (Å²) in [5, 5.41) is 3.12. The number of carbonyl (C=O) groups is 1. The van der Waals surface area contributed by atoms with E-state index in [-0.39, 0.29) is 36.1 Å². The van der Waals surface area contributed by atoms with Crippen molar-refractivity contribution in [1.82, 2.24) is 10.2 Å². The second-order valence-corrected chi connectivity index (χ2v) is 5.10. The van der Waals surface area contributed by atoms with Crippen LogP contribution >= 0.6 is 12.4 Å². The number of hydrogen-bond acceptors (Lipinski definition) is 2. The number of hydrogen-bond donors (Lipinski definition) is 1. The van der Waals surface area contributed by atoms with Crippen LogP contribution < -0.4 is 5.32 Å². The Hall–Kier alpha value is -1.13. The molecule has 1 unspecified atom stereocenters. The largest absolute Gasteiger partial charge is 0.335 e. The normalized spacial score (nSPS) is 22.8. The molecular formula is C14H18ClFN2O. The molecule has 3 rings (SSSR count). The predicted octanol–water partition coefficient (Wildman–Crippen LogP) is 2.13. The SMILES string of the molecule is Cl.O=C(C1CNC1)N1CCCC1c1cccc(F)c1. The second kappa shape index (κ2) is 5.88. The van der Waals surface area contributed by atoms with Gasteiger partial charge in [-0.1, -0.05) is 12.1 Å². The molecule has 0 radical (unpaired) electrons. The summed E-state index contributed by atoms with van der Waals surface area (Å²) >= 11 is 0. The third-order valence-electron chi connectivity index (χ3n) is 3.90. The fourth-order valence-corrected chi connectivity index (χ4v) is 2.79. The highest BCUT2D eigenvalue weighted by atomic mass is 35.5. The number of halogens is 2. The van der Waals surface area contributed by atoms with Crippen molar-refractivity contribution in [2.45, 2.75) is 18.9 Å². The Bertz CT molecular complexity index is 465. The molecule has 1 aromatic carbocycles. The number of likely N-dealkylation sites (tertiary alicyclic amines) is 1. The highest BCUT2D eigenvalue weighted by molar-refractivity contribution is 5.85. The fraction of sp³-hybridized carbons (Fsp3) is 0.500. The summed E-state index contributed by atoms with van der Waals surface area (Å²) in [5.41, 5.74) is 0.924. The van der Waals surface area contributed by atoms with Crippen molar-refractivity contribution in [2.75, 3.05) is 19.6 Å². The van der Waals surface area contributed by atoms with E-state index in [0.29, 0.717) is 0 Å². The number of nitrogens with one attached hydrogen (secondary N) is 1. The third-order valence-corrected chi connectivity index (χ3v) is 3.90. The van der Waals surface area contributed by atoms with E-state index in [4.69, 9.17) is 0 Å². The van der Waals surface area contributed by atoms with E-state index in [1.807, 2.05) is 11.0 Å². The molecular weight excluding hydrogens is 267 g/mol. The van der Waals surface area contributed by atoms with Crippen molar-refractivity contribution in [2.24, 2.45) is 5.92 Å². The average molecular weight is 285 g/mol. The zero-order valence-electron chi connectivity index (χ0n) is 10.6. The minimum absolute atomic E-state index is 0. The van der Waals surface area contributed by atoms with Gasteiger partial charge in [0.05, 0.1) is 12.0 Å². The maximum atomic E-state index is 13.3. The van der Waals surface area contributed by atoms with Crippen LogP contribution in [0, 0.1) is 11.7 Å². The van der Waals surface area contributed by atoms with Gasteiger partial charge in [-0.15, -0.1) is 12.4 Å². The van der Waals surface area contributed by atoms with Crippen LogP contribution in [0.15, 0.2) is 24.3 Å². The van der Waals surface area contributed by atoms with Gasteiger partial charge in [0.25, 0.3) is 0 Å². The van der Waals surface area contributed by atoms with Gasteiger partial charge in [0.15, 0.2) is 0 Å². The smallest absolute Gasteiger partial charge is 0.228 e. The van der Waals surface area contributed by atoms with Gasteiger partial charge in [0.1, 0.15) is 5.82 Å². The maximum absolute atomic E-state index is 13.3. The van der Waals surface area contributed by atoms with Gasteiger partial charge in [-0.3, -0.25) is 4.79 Å². The summed E-state index contributed by atoms with van der Waals surface area (Å²) in [7, 11) is 0. The van der Waals surface area contributed by atoms with E-state index in [1.54, 1.807) is 12.1 Å². The van der Waals surface area contributed by atoms with E-state index in [1.165, 1.54) is 6.07 Å². The van der Waals surface area contributed by atoms with Crippen LogP contribution in [0.5, 0.6) is 0 Å². The highest BCUT2D eigenvalue weighted by Gasteiger charge is 2.36. The van der Waals surface area contributed by atoms with E-state index in [9.17, 15) is 9.18 Å². The molecule has 1 atom stereocenters. The van der Waals surface area contributed by atoms with Crippen LogP contribution in [0.2, 0.25) is 0 Å². The molecule has 2 aliphatic heterocycles. The Morgan fingerprint density at radius 2 is 2.16 bits per heavy atom. The third kappa shape index (κ3) is 2.74. The first-order chi connectivity index (χ1) is 8.75. The number of amides is 1. The minimum atomic E-state index is -0.225. The van der Waals surface area contributed by atoms with E-state index < -0.39 is 0 Å². The molecule has 104 valence electrons. The van der Waals surface area contributed by atoms with Gasteiger partial charge < -0.3 is 10.2 Å². The quantitative estimate of drug-likeness (QED) is 0.902. The van der Waals surface area contributed by atoms with Crippen molar-refractivity contribution < 1.29 is 9.18 Å². The van der Waals surface area contributed by atoms with E-state index >= 15 is 0 Å². The van der Waals surface area contributed by atoms with Crippen molar-refractivity contribution in [3.8, 4) is 0 Å². The number of carbonyl (C=O) groups excluding carboxylic acids is 1.